The number of carbonyl (C=O) groups excluding carboxylic acids is 6. The van der Waals surface area contributed by atoms with Gasteiger partial charge in [-0.05, 0) is 97.8 Å². The van der Waals surface area contributed by atoms with Gasteiger partial charge in [0, 0.05) is 36.1 Å². The molecule has 15 heteroatoms. The van der Waals surface area contributed by atoms with E-state index in [1.165, 1.54) is 62.4 Å². The highest BCUT2D eigenvalue weighted by atomic mass is 32.2. The normalized spacial score (nSPS) is 11.0. The van der Waals surface area contributed by atoms with Crippen molar-refractivity contribution < 1.29 is 56.1 Å². The predicted molar refractivity (Wildman–Crippen MR) is 218 cm³/mol. The number of carbonyl (C=O) groups is 6. The molecule has 2 N–H and O–H groups in total. The van der Waals surface area contributed by atoms with E-state index in [1.807, 2.05) is 0 Å². The highest BCUT2D eigenvalue weighted by Crippen LogP contribution is 2.36. The number of anilines is 2. The molecule has 0 atom stereocenters. The van der Waals surface area contributed by atoms with Crippen LogP contribution in [0.1, 0.15) is 25.0 Å². The van der Waals surface area contributed by atoms with Crippen LogP contribution < -0.4 is 20.1 Å². The van der Waals surface area contributed by atoms with Crippen LogP contribution in [-0.4, -0.2) is 58.0 Å². The van der Waals surface area contributed by atoms with E-state index in [2.05, 4.69) is 23.8 Å². The summed E-state index contributed by atoms with van der Waals surface area (Å²) in [5.41, 5.74) is 2.06. The summed E-state index contributed by atoms with van der Waals surface area (Å²) in [4.78, 5) is 70.3. The first kappa shape index (κ1) is 44.3. The Morgan fingerprint density at radius 1 is 0.593 bits per heavy atom. The molecule has 0 fully saturated rings. The van der Waals surface area contributed by atoms with Gasteiger partial charge in [-0.15, -0.1) is 0 Å². The van der Waals surface area contributed by atoms with E-state index < -0.39 is 33.6 Å². The zero-order valence-electron chi connectivity index (χ0n) is 32.1. The summed E-state index contributed by atoms with van der Waals surface area (Å²) < 4.78 is 49.8. The first-order chi connectivity index (χ1) is 28.2. The van der Waals surface area contributed by atoms with Crippen molar-refractivity contribution in [3.63, 3.8) is 0 Å². The lowest BCUT2D eigenvalue weighted by Crippen LogP contribution is -2.13. The highest BCUT2D eigenvalue weighted by Gasteiger charge is 2.20. The predicted octanol–water partition coefficient (Wildman–Crippen LogP) is 6.81. The maximum atomic E-state index is 13.6. The van der Waals surface area contributed by atoms with Gasteiger partial charge in [0.25, 0.3) is 0 Å². The first-order valence-corrected chi connectivity index (χ1v) is 19.3. The van der Waals surface area contributed by atoms with E-state index in [0.29, 0.717) is 23.7 Å². The lowest BCUT2D eigenvalue weighted by atomic mass is 10.1. The van der Waals surface area contributed by atoms with E-state index >= 15 is 0 Å². The molecular formula is C44H40N2O12S. The number of sulfone groups is 1. The van der Waals surface area contributed by atoms with E-state index in [0.717, 1.165) is 24.3 Å². The van der Waals surface area contributed by atoms with Gasteiger partial charge in [0.05, 0.1) is 34.4 Å². The second-order valence-corrected chi connectivity index (χ2v) is 14.5. The molecule has 0 saturated carbocycles. The van der Waals surface area contributed by atoms with E-state index in [4.69, 9.17) is 18.9 Å². The van der Waals surface area contributed by atoms with Crippen LogP contribution in [0.15, 0.2) is 143 Å². The molecule has 0 bridgehead atoms. The van der Waals surface area contributed by atoms with Crippen LogP contribution in [0.25, 0.3) is 0 Å². The average Bonchev–Trinajstić information content (AvgIpc) is 3.21. The van der Waals surface area contributed by atoms with Gasteiger partial charge in [0.1, 0.15) is 24.1 Å². The van der Waals surface area contributed by atoms with Gasteiger partial charge >= 0.3 is 11.9 Å². The summed E-state index contributed by atoms with van der Waals surface area (Å²) in [5.74, 6) is -1.51. The Kier molecular flexibility index (Phi) is 15.9. The van der Waals surface area contributed by atoms with Crippen molar-refractivity contribution in [1.82, 2.24) is 0 Å². The second-order valence-electron chi connectivity index (χ2n) is 12.5. The molecular weight excluding hydrogens is 781 g/mol. The third-order valence-electron chi connectivity index (χ3n) is 8.00. The molecule has 0 aliphatic rings. The fourth-order valence-corrected chi connectivity index (χ4v) is 6.39. The fraction of sp³-hybridized carbons (Fsp3) is 0.136. The molecule has 304 valence electrons. The average molecular weight is 821 g/mol. The third-order valence-corrected chi connectivity index (χ3v) is 9.79. The Balaban J connectivity index is 1.53. The largest absolute Gasteiger partial charge is 0.462 e. The number of ether oxygens (including phenoxy) is 4. The number of esters is 2. The number of hydrogen-bond acceptors (Lipinski definition) is 12. The van der Waals surface area contributed by atoms with Crippen LogP contribution >= 0.6 is 0 Å². The van der Waals surface area contributed by atoms with Gasteiger partial charge < -0.3 is 29.6 Å². The fourth-order valence-electron chi connectivity index (χ4n) is 5.12. The van der Waals surface area contributed by atoms with Gasteiger partial charge in [-0.1, -0.05) is 37.4 Å². The Labute approximate surface area is 340 Å². The molecule has 0 aliphatic heterocycles. The molecule has 0 unspecified atom stereocenters. The maximum absolute atomic E-state index is 13.6. The third kappa shape index (κ3) is 12.8. The maximum Gasteiger partial charge on any atom is 0.333 e. The first-order valence-electron chi connectivity index (χ1n) is 17.8. The van der Waals surface area contributed by atoms with Crippen LogP contribution in [0, 0.1) is 0 Å². The quantitative estimate of drug-likeness (QED) is 0.0537. The van der Waals surface area contributed by atoms with Crippen molar-refractivity contribution in [3.8, 4) is 23.0 Å². The number of amides is 2. The molecule has 2 amide bonds. The van der Waals surface area contributed by atoms with E-state index in [9.17, 15) is 37.2 Å². The van der Waals surface area contributed by atoms with Gasteiger partial charge in [-0.3, -0.25) is 19.2 Å². The summed E-state index contributed by atoms with van der Waals surface area (Å²) in [6, 6.07) is 21.1. The minimum atomic E-state index is -4.04. The Morgan fingerprint density at radius 3 is 1.31 bits per heavy atom. The molecule has 4 aromatic rings. The Hall–Kier alpha value is -7.39. The van der Waals surface area contributed by atoms with Crippen molar-refractivity contribution in [3.05, 3.63) is 145 Å². The lowest BCUT2D eigenvalue weighted by Gasteiger charge is -2.16. The molecule has 4 rings (SSSR count). The highest BCUT2D eigenvalue weighted by molar-refractivity contribution is 7.91. The van der Waals surface area contributed by atoms with E-state index in [1.54, 1.807) is 36.4 Å². The molecule has 0 heterocycles. The number of benzene rings is 4. The van der Waals surface area contributed by atoms with Crippen LogP contribution in [0.2, 0.25) is 0 Å². The molecule has 14 nitrogen and oxygen atoms in total. The molecule has 0 spiro atoms. The van der Waals surface area contributed by atoms with Crippen LogP contribution in [-0.2, 0) is 60.9 Å². The van der Waals surface area contributed by atoms with E-state index in [-0.39, 0.29) is 81.4 Å². The summed E-state index contributed by atoms with van der Waals surface area (Å²) in [6.45, 7) is 10.1. The van der Waals surface area contributed by atoms with Crippen LogP contribution in [0.3, 0.4) is 0 Å². The summed E-state index contributed by atoms with van der Waals surface area (Å²) in [6.07, 6.45) is 5.42. The standard InChI is InChI=1S/C44H40N2O12S/c1-29(2)43(51)55-27-23-31-9-5-11-37(41(31)45-39(49)13-7-25-47)57-33-15-19-35(20-16-33)59(53,54)36-21-17-34(18-22-36)58-38-12-6-10-32(24-28-56-44(52)30(3)4)42(38)46-40(50)14-8-26-48/h5-22,25-26H,1,3,23-24,27-28H2,2,4H3,(H,45,49)(H,46,50)/b13-7+,14-8+. The molecule has 0 aliphatic carbocycles. The number of aldehydes is 2. The number of rotatable bonds is 20. The van der Waals surface area contributed by atoms with Gasteiger partial charge in [-0.2, -0.15) is 0 Å². The van der Waals surface area contributed by atoms with Gasteiger partial charge in [0.2, 0.25) is 21.7 Å². The van der Waals surface area contributed by atoms with Crippen LogP contribution in [0.5, 0.6) is 23.0 Å². The zero-order chi connectivity index (χ0) is 43.0. The molecule has 4 aromatic carbocycles. The summed E-state index contributed by atoms with van der Waals surface area (Å²) >= 11 is 0. The molecule has 59 heavy (non-hydrogen) atoms. The Morgan fingerprint density at radius 2 is 0.966 bits per heavy atom. The summed E-state index contributed by atoms with van der Waals surface area (Å²) in [5, 5.41) is 5.37. The van der Waals surface area contributed by atoms with Gasteiger partial charge in [0.15, 0.2) is 11.5 Å². The monoisotopic (exact) mass is 820 g/mol. The minimum absolute atomic E-state index is 0.0219. The van der Waals surface area contributed by atoms with Crippen molar-refractivity contribution in [1.29, 1.82) is 0 Å². The van der Waals surface area contributed by atoms with Crippen molar-refractivity contribution >= 4 is 57.5 Å². The zero-order valence-corrected chi connectivity index (χ0v) is 32.9. The Bertz CT molecular complexity index is 2250. The SMILES string of the molecule is C=C(C)C(=O)OCCc1cccc(Oc2ccc(S(=O)(=O)c3ccc(Oc4cccc(CCOC(=O)C(=C)C)c4NC(=O)/C=C/C=O)cc3)cc2)c1NC(=O)/C=C/C=O. The molecule has 0 radical (unpaired) electrons. The smallest absolute Gasteiger partial charge is 0.333 e. The van der Waals surface area contributed by atoms with Crippen molar-refractivity contribution in [2.24, 2.45) is 0 Å². The number of allylic oxidation sites excluding steroid dienone is 2. The minimum Gasteiger partial charge on any atom is -0.462 e. The molecule has 0 saturated heterocycles. The number of nitrogens with one attached hydrogen (secondary N) is 2. The second kappa shape index (κ2) is 21.2. The van der Waals surface area contributed by atoms with Crippen LogP contribution in [0.4, 0.5) is 11.4 Å². The molecule has 0 aromatic heterocycles. The van der Waals surface area contributed by atoms with Crippen molar-refractivity contribution in [2.75, 3.05) is 23.8 Å². The number of para-hydroxylation sites is 2. The van der Waals surface area contributed by atoms with Gasteiger partial charge in [-0.25, -0.2) is 18.0 Å². The van der Waals surface area contributed by atoms with Crippen molar-refractivity contribution in [2.45, 2.75) is 36.5 Å². The topological polar surface area (TPSA) is 198 Å². The lowest BCUT2D eigenvalue weighted by molar-refractivity contribution is -0.139. The summed E-state index contributed by atoms with van der Waals surface area (Å²) in [7, 11) is -4.04. The number of hydrogen-bond donors (Lipinski definition) is 2.